The molecule has 1 aromatic heterocycles. The Labute approximate surface area is 109 Å². The van der Waals surface area contributed by atoms with E-state index in [0.717, 1.165) is 16.0 Å². The first kappa shape index (κ1) is 12.4. The minimum atomic E-state index is -0.0508. The van der Waals surface area contributed by atoms with E-state index in [9.17, 15) is 0 Å². The summed E-state index contributed by atoms with van der Waals surface area (Å²) in [5, 5.41) is 10.3. The molecular formula is C12H11ClN2OS. The molecule has 1 heterocycles. The molecule has 0 aliphatic heterocycles. The molecule has 2 aromatic rings. The fraction of sp³-hybridized carbons (Fsp3) is 0.167. The highest BCUT2D eigenvalue weighted by atomic mass is 35.5. The molecule has 0 radical (unpaired) electrons. The largest absolute Gasteiger partial charge is 0.392 e. The number of hydrogen-bond donors (Lipinski definition) is 1. The second-order valence-corrected chi connectivity index (χ2v) is 5.00. The molecular weight excluding hydrogens is 256 g/mol. The van der Waals surface area contributed by atoms with Crippen LogP contribution in [0.1, 0.15) is 11.1 Å². The number of rotatable bonds is 3. The Morgan fingerprint density at radius 2 is 2.00 bits per heavy atom. The number of benzene rings is 1. The molecule has 0 amide bonds. The highest BCUT2D eigenvalue weighted by Crippen LogP contribution is 2.28. The zero-order valence-corrected chi connectivity index (χ0v) is 10.8. The lowest BCUT2D eigenvalue weighted by molar-refractivity contribution is 0.282. The van der Waals surface area contributed by atoms with E-state index in [2.05, 4.69) is 9.97 Å². The van der Waals surface area contributed by atoms with Crippen LogP contribution in [0.5, 0.6) is 0 Å². The van der Waals surface area contributed by atoms with Gasteiger partial charge in [0.15, 0.2) is 5.16 Å². The van der Waals surface area contributed by atoms with Crippen LogP contribution < -0.4 is 0 Å². The Morgan fingerprint density at radius 3 is 2.59 bits per heavy atom. The Bertz CT molecular complexity index is 516. The third-order valence-corrected chi connectivity index (χ3v) is 3.40. The molecule has 0 fully saturated rings. The number of aliphatic hydroxyl groups excluding tert-OH is 1. The molecule has 88 valence electrons. The molecule has 3 nitrogen and oxygen atoms in total. The molecule has 17 heavy (non-hydrogen) atoms. The second kappa shape index (κ2) is 5.49. The molecule has 0 saturated heterocycles. The fourth-order valence-electron chi connectivity index (χ4n) is 1.26. The highest BCUT2D eigenvalue weighted by Gasteiger charge is 2.04. The zero-order chi connectivity index (χ0) is 12.3. The van der Waals surface area contributed by atoms with Gasteiger partial charge in [-0.05, 0) is 41.9 Å². The van der Waals surface area contributed by atoms with Crippen molar-refractivity contribution < 1.29 is 5.11 Å². The summed E-state index contributed by atoms with van der Waals surface area (Å²) in [6.45, 7) is 1.90. The summed E-state index contributed by atoms with van der Waals surface area (Å²) >= 11 is 7.45. The predicted molar refractivity (Wildman–Crippen MR) is 68.3 cm³/mol. The smallest absolute Gasteiger partial charge is 0.192 e. The normalized spacial score (nSPS) is 10.5. The van der Waals surface area contributed by atoms with Crippen molar-refractivity contribution >= 4 is 23.4 Å². The Kier molecular flexibility index (Phi) is 3.99. The monoisotopic (exact) mass is 266 g/mol. The first-order valence-electron chi connectivity index (χ1n) is 5.05. The lowest BCUT2D eigenvalue weighted by atomic mass is 10.2. The quantitative estimate of drug-likeness (QED) is 0.868. The predicted octanol–water partition coefficient (Wildman–Crippen LogP) is 3.08. The van der Waals surface area contributed by atoms with Crippen LogP contribution in [0.25, 0.3) is 0 Å². The molecule has 0 saturated carbocycles. The van der Waals surface area contributed by atoms with Crippen LogP contribution in [-0.4, -0.2) is 15.1 Å². The second-order valence-electron chi connectivity index (χ2n) is 3.56. The van der Waals surface area contributed by atoms with Crippen molar-refractivity contribution in [2.45, 2.75) is 23.6 Å². The standard InChI is InChI=1S/C12H11ClN2OS/c1-8-5-14-12(15-6-8)17-10-3-2-9(7-16)11(13)4-10/h2-6,16H,7H2,1H3. The molecule has 0 bridgehead atoms. The number of hydrogen-bond acceptors (Lipinski definition) is 4. The Hall–Kier alpha value is -1.10. The minimum Gasteiger partial charge on any atom is -0.392 e. The van der Waals surface area contributed by atoms with Gasteiger partial charge in [-0.15, -0.1) is 0 Å². The molecule has 1 aromatic carbocycles. The molecule has 0 atom stereocenters. The molecule has 5 heteroatoms. The van der Waals surface area contributed by atoms with Crippen LogP contribution in [-0.2, 0) is 6.61 Å². The van der Waals surface area contributed by atoms with Crippen LogP contribution in [0.2, 0.25) is 5.02 Å². The molecule has 2 rings (SSSR count). The van der Waals surface area contributed by atoms with Crippen molar-refractivity contribution in [2.75, 3.05) is 0 Å². The first-order chi connectivity index (χ1) is 8.19. The van der Waals surface area contributed by atoms with Crippen LogP contribution in [0.3, 0.4) is 0 Å². The molecule has 1 N–H and O–H groups in total. The molecule has 0 unspecified atom stereocenters. The van der Waals surface area contributed by atoms with E-state index in [1.807, 2.05) is 13.0 Å². The van der Waals surface area contributed by atoms with Gasteiger partial charge < -0.3 is 5.11 Å². The number of halogens is 1. The van der Waals surface area contributed by atoms with Gasteiger partial charge in [0.05, 0.1) is 6.61 Å². The maximum Gasteiger partial charge on any atom is 0.192 e. The van der Waals surface area contributed by atoms with Crippen molar-refractivity contribution in [3.63, 3.8) is 0 Å². The van der Waals surface area contributed by atoms with Crippen molar-refractivity contribution in [1.29, 1.82) is 0 Å². The van der Waals surface area contributed by atoms with Gasteiger partial charge in [-0.25, -0.2) is 9.97 Å². The van der Waals surface area contributed by atoms with Crippen molar-refractivity contribution in [3.8, 4) is 0 Å². The van der Waals surface area contributed by atoms with E-state index >= 15 is 0 Å². The number of aliphatic hydroxyl groups is 1. The average Bonchev–Trinajstić information content (AvgIpc) is 2.32. The molecule has 0 aliphatic rings. The topological polar surface area (TPSA) is 46.0 Å². The van der Waals surface area contributed by atoms with Crippen molar-refractivity contribution in [2.24, 2.45) is 0 Å². The van der Waals surface area contributed by atoms with E-state index in [-0.39, 0.29) is 6.61 Å². The number of aryl methyl sites for hydroxylation is 1. The summed E-state index contributed by atoms with van der Waals surface area (Å²) in [5.74, 6) is 0. The summed E-state index contributed by atoms with van der Waals surface area (Å²) in [5.41, 5.74) is 1.75. The van der Waals surface area contributed by atoms with Gasteiger partial charge >= 0.3 is 0 Å². The van der Waals surface area contributed by atoms with Gasteiger partial charge in [0.2, 0.25) is 0 Å². The summed E-state index contributed by atoms with van der Waals surface area (Å²) in [6.07, 6.45) is 3.55. The van der Waals surface area contributed by atoms with Crippen molar-refractivity contribution in [1.82, 2.24) is 9.97 Å². The van der Waals surface area contributed by atoms with Gasteiger partial charge in [-0.2, -0.15) is 0 Å². The van der Waals surface area contributed by atoms with Crippen LogP contribution in [0.15, 0.2) is 40.6 Å². The lowest BCUT2D eigenvalue weighted by Gasteiger charge is -2.04. The van der Waals surface area contributed by atoms with Crippen LogP contribution in [0.4, 0.5) is 0 Å². The van der Waals surface area contributed by atoms with Crippen LogP contribution >= 0.6 is 23.4 Å². The van der Waals surface area contributed by atoms with E-state index in [0.29, 0.717) is 10.2 Å². The Balaban J connectivity index is 2.19. The summed E-state index contributed by atoms with van der Waals surface area (Å²) in [4.78, 5) is 9.37. The lowest BCUT2D eigenvalue weighted by Crippen LogP contribution is -1.88. The molecule has 0 aliphatic carbocycles. The third-order valence-electron chi connectivity index (χ3n) is 2.16. The minimum absolute atomic E-state index is 0.0508. The fourth-order valence-corrected chi connectivity index (χ4v) is 2.30. The van der Waals surface area contributed by atoms with Gasteiger partial charge in [-0.1, -0.05) is 17.7 Å². The van der Waals surface area contributed by atoms with Gasteiger partial charge in [0.25, 0.3) is 0 Å². The number of nitrogens with zero attached hydrogens (tertiary/aromatic N) is 2. The number of aromatic nitrogens is 2. The maximum atomic E-state index is 9.01. The van der Waals surface area contributed by atoms with E-state index in [4.69, 9.17) is 16.7 Å². The zero-order valence-electron chi connectivity index (χ0n) is 9.22. The maximum absolute atomic E-state index is 9.01. The van der Waals surface area contributed by atoms with Gasteiger partial charge in [-0.3, -0.25) is 0 Å². The van der Waals surface area contributed by atoms with Crippen molar-refractivity contribution in [3.05, 3.63) is 46.7 Å². The molecule has 0 spiro atoms. The third kappa shape index (κ3) is 3.19. The SMILES string of the molecule is Cc1cnc(Sc2ccc(CO)c(Cl)c2)nc1. The van der Waals surface area contributed by atoms with E-state index in [1.54, 1.807) is 24.5 Å². The van der Waals surface area contributed by atoms with E-state index in [1.165, 1.54) is 11.8 Å². The van der Waals surface area contributed by atoms with E-state index < -0.39 is 0 Å². The summed E-state index contributed by atoms with van der Waals surface area (Å²) < 4.78 is 0. The Morgan fingerprint density at radius 1 is 1.29 bits per heavy atom. The highest BCUT2D eigenvalue weighted by molar-refractivity contribution is 7.99. The summed E-state index contributed by atoms with van der Waals surface area (Å²) in [6, 6.07) is 5.51. The van der Waals surface area contributed by atoms with Gasteiger partial charge in [0.1, 0.15) is 0 Å². The van der Waals surface area contributed by atoms with Crippen LogP contribution in [0, 0.1) is 6.92 Å². The first-order valence-corrected chi connectivity index (χ1v) is 6.24. The average molecular weight is 267 g/mol. The summed E-state index contributed by atoms with van der Waals surface area (Å²) in [7, 11) is 0. The van der Waals surface area contributed by atoms with Gasteiger partial charge in [0, 0.05) is 22.3 Å².